The number of nitrogens with one attached hydrogen (secondary N) is 1. The van der Waals surface area contributed by atoms with Gasteiger partial charge in [-0.1, -0.05) is 48.0 Å². The molecule has 1 aliphatic heterocycles. The van der Waals surface area contributed by atoms with Crippen molar-refractivity contribution in [2.24, 2.45) is 11.7 Å². The molecule has 1 unspecified atom stereocenters. The molecule has 3 N–H and O–H groups in total. The number of hydrogen-bond acceptors (Lipinski definition) is 3. The highest BCUT2D eigenvalue weighted by atomic mass is 35.5. The number of rotatable bonds is 5. The minimum Gasteiger partial charge on any atom is -0.330 e. The Hall–Kier alpha value is -1.88. The van der Waals surface area contributed by atoms with Gasteiger partial charge in [-0.3, -0.25) is 9.69 Å². The highest BCUT2D eigenvalue weighted by Crippen LogP contribution is 2.33. The fourth-order valence-electron chi connectivity index (χ4n) is 3.89. The molecule has 27 heavy (non-hydrogen) atoms. The maximum absolute atomic E-state index is 12.8. The van der Waals surface area contributed by atoms with Crippen LogP contribution in [0.4, 0.5) is 5.69 Å². The summed E-state index contributed by atoms with van der Waals surface area (Å²) < 4.78 is 0. The topological polar surface area (TPSA) is 58.4 Å². The highest BCUT2D eigenvalue weighted by molar-refractivity contribution is 5.95. The standard InChI is InChI=1S/C22H29N3O.ClH/c1-15-9-10-21(16(2)11-15)24-22(26)17(3)25-13-19(12-23)20(14-25)18-7-5-4-6-8-18;/h4-11,17,19-20H,12-14,23H2,1-3H3,(H,24,26);1H/t17?,19-,20+;/m1./s1. The van der Waals surface area contributed by atoms with E-state index in [0.717, 1.165) is 24.3 Å². The lowest BCUT2D eigenvalue weighted by molar-refractivity contribution is -0.120. The van der Waals surface area contributed by atoms with Crippen LogP contribution in [0.3, 0.4) is 0 Å². The third-order valence-corrected chi connectivity index (χ3v) is 5.57. The van der Waals surface area contributed by atoms with Gasteiger partial charge in [0, 0.05) is 24.7 Å². The van der Waals surface area contributed by atoms with E-state index in [-0.39, 0.29) is 24.4 Å². The first-order valence-electron chi connectivity index (χ1n) is 9.36. The molecule has 1 heterocycles. The summed E-state index contributed by atoms with van der Waals surface area (Å²) in [5.41, 5.74) is 10.5. The van der Waals surface area contributed by atoms with Crippen molar-refractivity contribution in [2.75, 3.05) is 25.0 Å². The fraction of sp³-hybridized carbons (Fsp3) is 0.409. The molecule has 3 rings (SSSR count). The second-order valence-corrected chi connectivity index (χ2v) is 7.45. The van der Waals surface area contributed by atoms with Crippen LogP contribution < -0.4 is 11.1 Å². The second-order valence-electron chi connectivity index (χ2n) is 7.45. The number of likely N-dealkylation sites (tertiary alicyclic amines) is 1. The third-order valence-electron chi connectivity index (χ3n) is 5.57. The van der Waals surface area contributed by atoms with Gasteiger partial charge in [0.15, 0.2) is 0 Å². The Morgan fingerprint density at radius 3 is 2.52 bits per heavy atom. The van der Waals surface area contributed by atoms with Crippen molar-refractivity contribution in [1.29, 1.82) is 0 Å². The number of halogens is 1. The number of anilines is 1. The molecule has 0 aliphatic carbocycles. The molecule has 2 aromatic carbocycles. The zero-order valence-electron chi connectivity index (χ0n) is 16.3. The van der Waals surface area contributed by atoms with Crippen LogP contribution in [-0.4, -0.2) is 36.5 Å². The van der Waals surface area contributed by atoms with Gasteiger partial charge < -0.3 is 11.1 Å². The Bertz CT molecular complexity index is 765. The molecule has 0 saturated carbocycles. The predicted molar refractivity (Wildman–Crippen MR) is 115 cm³/mol. The van der Waals surface area contributed by atoms with Gasteiger partial charge in [-0.05, 0) is 50.4 Å². The summed E-state index contributed by atoms with van der Waals surface area (Å²) in [4.78, 5) is 15.0. The van der Waals surface area contributed by atoms with Gasteiger partial charge in [0.1, 0.15) is 0 Å². The van der Waals surface area contributed by atoms with Gasteiger partial charge in [0.25, 0.3) is 0 Å². The number of nitrogens with zero attached hydrogens (tertiary/aromatic N) is 1. The van der Waals surface area contributed by atoms with Crippen LogP contribution in [0, 0.1) is 19.8 Å². The Kier molecular flexibility index (Phi) is 7.42. The molecule has 3 atom stereocenters. The summed E-state index contributed by atoms with van der Waals surface area (Å²) in [5.74, 6) is 0.813. The number of amides is 1. The Morgan fingerprint density at radius 2 is 1.89 bits per heavy atom. The molecule has 0 aromatic heterocycles. The number of benzene rings is 2. The van der Waals surface area contributed by atoms with Crippen molar-refractivity contribution >= 4 is 24.0 Å². The van der Waals surface area contributed by atoms with E-state index in [4.69, 9.17) is 5.73 Å². The van der Waals surface area contributed by atoms with Gasteiger partial charge in [-0.25, -0.2) is 0 Å². The molecule has 0 radical (unpaired) electrons. The maximum atomic E-state index is 12.8. The van der Waals surface area contributed by atoms with Gasteiger partial charge >= 0.3 is 0 Å². The zero-order chi connectivity index (χ0) is 18.7. The Labute approximate surface area is 168 Å². The van der Waals surface area contributed by atoms with Crippen molar-refractivity contribution in [3.8, 4) is 0 Å². The summed E-state index contributed by atoms with van der Waals surface area (Å²) in [6.45, 7) is 8.44. The molecule has 4 nitrogen and oxygen atoms in total. The smallest absolute Gasteiger partial charge is 0.241 e. The first kappa shape index (κ1) is 21.4. The van der Waals surface area contributed by atoms with Crippen LogP contribution >= 0.6 is 12.4 Å². The number of hydrogen-bond donors (Lipinski definition) is 2. The monoisotopic (exact) mass is 387 g/mol. The number of carbonyl (C=O) groups excluding carboxylic acids is 1. The normalized spacial score (nSPS) is 20.7. The fourth-order valence-corrected chi connectivity index (χ4v) is 3.89. The maximum Gasteiger partial charge on any atom is 0.241 e. The molecule has 5 heteroatoms. The summed E-state index contributed by atoms with van der Waals surface area (Å²) in [7, 11) is 0. The van der Waals surface area contributed by atoms with E-state index in [9.17, 15) is 4.79 Å². The minimum absolute atomic E-state index is 0. The van der Waals surface area contributed by atoms with E-state index >= 15 is 0 Å². The van der Waals surface area contributed by atoms with E-state index in [1.54, 1.807) is 0 Å². The van der Waals surface area contributed by atoms with Crippen molar-refractivity contribution in [2.45, 2.75) is 32.7 Å². The van der Waals surface area contributed by atoms with Crippen molar-refractivity contribution in [3.05, 3.63) is 65.2 Å². The molecule has 1 saturated heterocycles. The average Bonchev–Trinajstić information content (AvgIpc) is 3.08. The molecule has 0 spiro atoms. The first-order chi connectivity index (χ1) is 12.5. The van der Waals surface area contributed by atoms with Gasteiger partial charge in [0.05, 0.1) is 6.04 Å². The third kappa shape index (κ3) is 4.89. The van der Waals surface area contributed by atoms with E-state index in [1.807, 2.05) is 32.0 Å². The molecule has 146 valence electrons. The largest absolute Gasteiger partial charge is 0.330 e. The Morgan fingerprint density at radius 1 is 1.19 bits per heavy atom. The summed E-state index contributed by atoms with van der Waals surface area (Å²) in [6, 6.07) is 16.4. The average molecular weight is 388 g/mol. The molecule has 1 amide bonds. The van der Waals surface area contributed by atoms with Crippen LogP contribution in [0.25, 0.3) is 0 Å². The van der Waals surface area contributed by atoms with Crippen molar-refractivity contribution < 1.29 is 4.79 Å². The minimum atomic E-state index is -0.182. The SMILES string of the molecule is Cc1ccc(NC(=O)C(C)N2C[C@@H](CN)[C@H](c3ccccc3)C2)c(C)c1.Cl. The molecule has 1 aliphatic rings. The van der Waals surface area contributed by atoms with Crippen molar-refractivity contribution in [1.82, 2.24) is 4.90 Å². The van der Waals surface area contributed by atoms with E-state index in [0.29, 0.717) is 18.4 Å². The van der Waals surface area contributed by atoms with E-state index < -0.39 is 0 Å². The molecule has 1 fully saturated rings. The Balaban J connectivity index is 0.00000261. The molecular weight excluding hydrogens is 358 g/mol. The lowest BCUT2D eigenvalue weighted by atomic mass is 9.89. The van der Waals surface area contributed by atoms with E-state index in [1.165, 1.54) is 11.1 Å². The van der Waals surface area contributed by atoms with Crippen LogP contribution in [-0.2, 0) is 4.79 Å². The molecule has 0 bridgehead atoms. The van der Waals surface area contributed by atoms with Crippen molar-refractivity contribution in [3.63, 3.8) is 0 Å². The highest BCUT2D eigenvalue weighted by Gasteiger charge is 2.36. The summed E-state index contributed by atoms with van der Waals surface area (Å²) in [5, 5.41) is 3.09. The second kappa shape index (κ2) is 9.36. The van der Waals surface area contributed by atoms with Crippen LogP contribution in [0.2, 0.25) is 0 Å². The predicted octanol–water partition coefficient (Wildman–Crippen LogP) is 3.73. The first-order valence-corrected chi connectivity index (χ1v) is 9.36. The van der Waals surface area contributed by atoms with Crippen LogP contribution in [0.1, 0.15) is 29.5 Å². The van der Waals surface area contributed by atoms with Gasteiger partial charge in [-0.2, -0.15) is 0 Å². The molecular formula is C22H30ClN3O. The summed E-state index contributed by atoms with van der Waals surface area (Å²) in [6.07, 6.45) is 0. The van der Waals surface area contributed by atoms with Gasteiger partial charge in [0.2, 0.25) is 5.91 Å². The van der Waals surface area contributed by atoms with Crippen LogP contribution in [0.15, 0.2) is 48.5 Å². The number of aryl methyl sites for hydroxylation is 2. The number of carbonyl (C=O) groups is 1. The van der Waals surface area contributed by atoms with Gasteiger partial charge in [-0.15, -0.1) is 12.4 Å². The summed E-state index contributed by atoms with van der Waals surface area (Å²) >= 11 is 0. The van der Waals surface area contributed by atoms with E-state index in [2.05, 4.69) is 47.5 Å². The lowest BCUT2D eigenvalue weighted by Crippen LogP contribution is -2.41. The zero-order valence-corrected chi connectivity index (χ0v) is 17.1. The quantitative estimate of drug-likeness (QED) is 0.821. The molecule has 2 aromatic rings. The lowest BCUT2D eigenvalue weighted by Gasteiger charge is -2.24. The van der Waals surface area contributed by atoms with Crippen LogP contribution in [0.5, 0.6) is 0 Å². The number of nitrogens with two attached hydrogens (primary N) is 1.